The van der Waals surface area contributed by atoms with E-state index in [4.69, 9.17) is 11.6 Å². The van der Waals surface area contributed by atoms with Crippen LogP contribution >= 0.6 is 11.6 Å². The van der Waals surface area contributed by atoms with Gasteiger partial charge >= 0.3 is 0 Å². The van der Waals surface area contributed by atoms with Crippen LogP contribution in [0.2, 0.25) is 5.02 Å². The molecule has 1 saturated heterocycles. The van der Waals surface area contributed by atoms with E-state index in [1.165, 1.54) is 30.9 Å². The Bertz CT molecular complexity index is 1080. The summed E-state index contributed by atoms with van der Waals surface area (Å²) in [5.41, 5.74) is 0.409. The first kappa shape index (κ1) is 18.9. The molecule has 3 atom stereocenters. The molecule has 5 rings (SSSR count). The number of amides is 1. The number of piperidine rings is 1. The van der Waals surface area contributed by atoms with Gasteiger partial charge in [-0.25, -0.2) is 24.3 Å². The summed E-state index contributed by atoms with van der Waals surface area (Å²) in [6.07, 6.45) is 7.96. The third-order valence-electron chi connectivity index (χ3n) is 5.71. The van der Waals surface area contributed by atoms with Crippen molar-refractivity contribution in [1.29, 1.82) is 0 Å². The minimum Gasteiger partial charge on any atom is -0.349 e. The Labute approximate surface area is 177 Å². The number of anilines is 1. The number of likely N-dealkylation sites (tertiary alicyclic amines) is 1. The molecule has 0 radical (unpaired) electrons. The van der Waals surface area contributed by atoms with Gasteiger partial charge in [-0.3, -0.25) is 4.79 Å². The molecule has 1 saturated carbocycles. The fraction of sp³-hybridized carbons (Fsp3) is 0.286. The Morgan fingerprint density at radius 3 is 2.60 bits per heavy atom. The summed E-state index contributed by atoms with van der Waals surface area (Å²) in [4.78, 5) is 32.0. The van der Waals surface area contributed by atoms with Crippen molar-refractivity contribution in [2.75, 3.05) is 11.9 Å². The minimum atomic E-state index is -0.513. The molecule has 2 fully saturated rings. The standard InChI is InChI=1S/C21H18ClFN6O/c22-13-9-26-21(27-10-13)28-16-7-12-8-17(16)29(11-12)20(30)14-3-1-4-15(23)18(14)19-24-5-2-6-25-19/h1-6,9-10,12,16-17H,7-8,11H2,(H,26,27,28)/t12-,16-,17+/m1/s1. The number of carbonyl (C=O) groups excluding carboxylic acids is 1. The van der Waals surface area contributed by atoms with Crippen molar-refractivity contribution in [1.82, 2.24) is 24.8 Å². The van der Waals surface area contributed by atoms with E-state index < -0.39 is 5.82 Å². The SMILES string of the molecule is O=C(c1cccc(F)c1-c1ncccn1)N1C[C@@H]2C[C@@H](Nc3ncc(Cl)cn3)[C@@H]1C2. The lowest BCUT2D eigenvalue weighted by atomic mass is 10.0. The molecule has 3 aromatic rings. The molecule has 2 aliphatic rings. The van der Waals surface area contributed by atoms with E-state index in [9.17, 15) is 9.18 Å². The molecule has 1 aliphatic heterocycles. The van der Waals surface area contributed by atoms with Crippen LogP contribution in [0.25, 0.3) is 11.4 Å². The molecular formula is C21H18ClFN6O. The normalized spacial score (nSPS) is 22.3. The number of nitrogens with zero attached hydrogens (tertiary/aromatic N) is 5. The number of carbonyl (C=O) groups is 1. The van der Waals surface area contributed by atoms with Crippen molar-refractivity contribution in [3.8, 4) is 11.4 Å². The molecule has 30 heavy (non-hydrogen) atoms. The van der Waals surface area contributed by atoms with Gasteiger partial charge in [-0.15, -0.1) is 0 Å². The second-order valence-electron chi connectivity index (χ2n) is 7.57. The number of hydrogen-bond acceptors (Lipinski definition) is 6. The Morgan fingerprint density at radius 1 is 1.10 bits per heavy atom. The maximum Gasteiger partial charge on any atom is 0.255 e. The van der Waals surface area contributed by atoms with Crippen molar-refractivity contribution in [3.63, 3.8) is 0 Å². The van der Waals surface area contributed by atoms with Crippen LogP contribution in [0.5, 0.6) is 0 Å². The third kappa shape index (κ3) is 3.37. The van der Waals surface area contributed by atoms with Crippen LogP contribution in [-0.2, 0) is 0 Å². The van der Waals surface area contributed by atoms with E-state index in [0.29, 0.717) is 23.4 Å². The van der Waals surface area contributed by atoms with Gasteiger partial charge in [0, 0.05) is 25.0 Å². The van der Waals surface area contributed by atoms with Crippen LogP contribution in [0.4, 0.5) is 10.3 Å². The monoisotopic (exact) mass is 424 g/mol. The molecule has 2 aromatic heterocycles. The van der Waals surface area contributed by atoms with Crippen molar-refractivity contribution in [2.24, 2.45) is 5.92 Å². The summed E-state index contributed by atoms with van der Waals surface area (Å²) in [5.74, 6) is 0.336. The molecule has 1 amide bonds. The fourth-order valence-corrected chi connectivity index (χ4v) is 4.58. The highest BCUT2D eigenvalue weighted by atomic mass is 35.5. The van der Waals surface area contributed by atoms with Crippen molar-refractivity contribution in [3.05, 3.63) is 65.5 Å². The Hall–Kier alpha value is -3.13. The zero-order valence-electron chi connectivity index (χ0n) is 15.9. The van der Waals surface area contributed by atoms with E-state index in [-0.39, 0.29) is 34.9 Å². The smallest absolute Gasteiger partial charge is 0.255 e. The van der Waals surface area contributed by atoms with E-state index >= 15 is 0 Å². The zero-order chi connectivity index (χ0) is 20.7. The van der Waals surface area contributed by atoms with Crippen LogP contribution in [-0.4, -0.2) is 49.4 Å². The predicted octanol–water partition coefficient (Wildman–Crippen LogP) is 3.44. The second-order valence-corrected chi connectivity index (χ2v) is 8.01. The molecule has 1 aliphatic carbocycles. The molecule has 3 heterocycles. The topological polar surface area (TPSA) is 83.9 Å². The van der Waals surface area contributed by atoms with E-state index in [1.54, 1.807) is 18.2 Å². The van der Waals surface area contributed by atoms with Gasteiger partial charge in [0.2, 0.25) is 5.95 Å². The zero-order valence-corrected chi connectivity index (χ0v) is 16.6. The minimum absolute atomic E-state index is 0.0189. The van der Waals surface area contributed by atoms with E-state index in [0.717, 1.165) is 12.8 Å². The number of fused-ring (bicyclic) bond motifs is 2. The van der Waals surface area contributed by atoms with E-state index in [2.05, 4.69) is 25.3 Å². The lowest BCUT2D eigenvalue weighted by molar-refractivity contribution is 0.0692. The van der Waals surface area contributed by atoms with Crippen LogP contribution in [0.15, 0.2) is 49.1 Å². The summed E-state index contributed by atoms with van der Waals surface area (Å²) < 4.78 is 14.7. The number of hydrogen-bond donors (Lipinski definition) is 1. The van der Waals surface area contributed by atoms with Gasteiger partial charge in [0.15, 0.2) is 5.82 Å². The van der Waals surface area contributed by atoms with Gasteiger partial charge in [0.1, 0.15) is 5.82 Å². The molecular weight excluding hydrogens is 407 g/mol. The van der Waals surface area contributed by atoms with E-state index in [1.807, 2.05) is 4.90 Å². The number of halogens is 2. The lowest BCUT2D eigenvalue weighted by Crippen LogP contribution is -2.48. The van der Waals surface area contributed by atoms with Gasteiger partial charge in [-0.2, -0.15) is 0 Å². The third-order valence-corrected chi connectivity index (χ3v) is 5.91. The molecule has 2 bridgehead atoms. The summed E-state index contributed by atoms with van der Waals surface area (Å²) in [5, 5.41) is 3.78. The van der Waals surface area contributed by atoms with Gasteiger partial charge in [-0.05, 0) is 37.0 Å². The van der Waals surface area contributed by atoms with Gasteiger partial charge in [0.05, 0.1) is 34.6 Å². The maximum atomic E-state index is 14.7. The summed E-state index contributed by atoms with van der Waals surface area (Å²) in [7, 11) is 0. The van der Waals surface area contributed by atoms with Crippen molar-refractivity contribution in [2.45, 2.75) is 24.9 Å². The largest absolute Gasteiger partial charge is 0.349 e. The van der Waals surface area contributed by atoms with Crippen LogP contribution in [0, 0.1) is 11.7 Å². The molecule has 9 heteroatoms. The first-order chi connectivity index (χ1) is 14.6. The van der Waals surface area contributed by atoms with Crippen molar-refractivity contribution >= 4 is 23.5 Å². The number of benzene rings is 1. The first-order valence-electron chi connectivity index (χ1n) is 9.71. The highest BCUT2D eigenvalue weighted by Crippen LogP contribution is 2.40. The Morgan fingerprint density at radius 2 is 1.87 bits per heavy atom. The average molecular weight is 425 g/mol. The number of rotatable bonds is 4. The van der Waals surface area contributed by atoms with Crippen molar-refractivity contribution < 1.29 is 9.18 Å². The highest BCUT2D eigenvalue weighted by molar-refractivity contribution is 6.30. The first-order valence-corrected chi connectivity index (χ1v) is 10.1. The summed E-state index contributed by atoms with van der Waals surface area (Å²) in [6.45, 7) is 0.648. The number of nitrogens with one attached hydrogen (secondary N) is 1. The molecule has 0 spiro atoms. The lowest BCUT2D eigenvalue weighted by Gasteiger charge is -2.34. The predicted molar refractivity (Wildman–Crippen MR) is 109 cm³/mol. The average Bonchev–Trinajstić information content (AvgIpc) is 3.36. The van der Waals surface area contributed by atoms with Crippen LogP contribution in [0.1, 0.15) is 23.2 Å². The van der Waals surface area contributed by atoms with Gasteiger partial charge < -0.3 is 10.2 Å². The fourth-order valence-electron chi connectivity index (χ4n) is 4.48. The highest BCUT2D eigenvalue weighted by Gasteiger charge is 2.47. The quantitative estimate of drug-likeness (QED) is 0.690. The molecule has 1 aromatic carbocycles. The molecule has 152 valence electrons. The molecule has 7 nitrogen and oxygen atoms in total. The Balaban J connectivity index is 1.42. The van der Waals surface area contributed by atoms with Gasteiger partial charge in [-0.1, -0.05) is 17.7 Å². The summed E-state index contributed by atoms with van der Waals surface area (Å²) >= 11 is 5.86. The number of aromatic nitrogens is 4. The molecule has 1 N–H and O–H groups in total. The summed E-state index contributed by atoms with van der Waals surface area (Å²) in [6, 6.07) is 6.16. The van der Waals surface area contributed by atoms with Crippen LogP contribution in [0.3, 0.4) is 0 Å². The Kier molecular flexibility index (Phi) is 4.78. The second kappa shape index (κ2) is 7.60. The molecule has 0 unspecified atom stereocenters. The van der Waals surface area contributed by atoms with Crippen LogP contribution < -0.4 is 5.32 Å². The maximum absolute atomic E-state index is 14.7. The van der Waals surface area contributed by atoms with Gasteiger partial charge in [0.25, 0.3) is 5.91 Å².